The molecule has 3 heteroatoms. The molecule has 0 aliphatic heterocycles. The predicted molar refractivity (Wildman–Crippen MR) is 83.7 cm³/mol. The summed E-state index contributed by atoms with van der Waals surface area (Å²) in [5, 5.41) is 1.000. The summed E-state index contributed by atoms with van der Waals surface area (Å²) in [6.07, 6.45) is 3.02. The molecule has 0 bridgehead atoms. The molecule has 0 N–H and O–H groups in total. The third-order valence-corrected chi connectivity index (χ3v) is 3.43. The van der Waals surface area contributed by atoms with E-state index in [1.165, 1.54) is 30.3 Å². The Morgan fingerprint density at radius 3 is 2.23 bits per heavy atom. The summed E-state index contributed by atoms with van der Waals surface area (Å²) in [6.45, 7) is 0. The molecule has 0 atom stereocenters. The van der Waals surface area contributed by atoms with Crippen LogP contribution >= 0.6 is 0 Å². The maximum atomic E-state index is 13.8. The summed E-state index contributed by atoms with van der Waals surface area (Å²) in [6, 6.07) is 15.5. The molecular formula is C19H12F2O. The number of allylic oxidation sites excluding steroid dienone is 1. The molecule has 3 rings (SSSR count). The van der Waals surface area contributed by atoms with Crippen LogP contribution in [0.1, 0.15) is 15.9 Å². The quantitative estimate of drug-likeness (QED) is 0.490. The van der Waals surface area contributed by atoms with Crippen molar-refractivity contribution in [1.82, 2.24) is 0 Å². The molecule has 0 radical (unpaired) electrons. The molecule has 0 saturated carbocycles. The van der Waals surface area contributed by atoms with Gasteiger partial charge in [0.2, 0.25) is 0 Å². The second-order valence-corrected chi connectivity index (χ2v) is 4.89. The van der Waals surface area contributed by atoms with Gasteiger partial charge < -0.3 is 0 Å². The van der Waals surface area contributed by atoms with Crippen LogP contribution in [0.3, 0.4) is 0 Å². The van der Waals surface area contributed by atoms with Gasteiger partial charge in [0, 0.05) is 10.9 Å². The molecule has 1 nitrogen and oxygen atoms in total. The number of ketones is 1. The molecule has 3 aromatic carbocycles. The summed E-state index contributed by atoms with van der Waals surface area (Å²) in [5.74, 6) is -0.900. The van der Waals surface area contributed by atoms with E-state index >= 15 is 0 Å². The van der Waals surface area contributed by atoms with Gasteiger partial charge in [0.05, 0.1) is 0 Å². The summed E-state index contributed by atoms with van der Waals surface area (Å²) < 4.78 is 26.6. The summed E-state index contributed by atoms with van der Waals surface area (Å²) in [7, 11) is 0. The SMILES string of the molecule is O=C(/C=C/c1ccc(F)cc1)c1ccc(F)c2ccccc12. The molecule has 0 saturated heterocycles. The number of hydrogen-bond donors (Lipinski definition) is 0. The third kappa shape index (κ3) is 2.79. The van der Waals surface area contributed by atoms with E-state index in [1.54, 1.807) is 42.5 Å². The van der Waals surface area contributed by atoms with Crippen molar-refractivity contribution in [2.45, 2.75) is 0 Å². The maximum Gasteiger partial charge on any atom is 0.186 e. The Kier molecular flexibility index (Phi) is 3.79. The molecule has 0 spiro atoms. The van der Waals surface area contributed by atoms with Gasteiger partial charge in [-0.25, -0.2) is 8.78 Å². The van der Waals surface area contributed by atoms with Gasteiger partial charge in [0.1, 0.15) is 11.6 Å². The number of fused-ring (bicyclic) bond motifs is 1. The fourth-order valence-corrected chi connectivity index (χ4v) is 2.31. The lowest BCUT2D eigenvalue weighted by molar-refractivity contribution is 0.104. The highest BCUT2D eigenvalue weighted by atomic mass is 19.1. The first-order valence-corrected chi connectivity index (χ1v) is 6.80. The van der Waals surface area contributed by atoms with E-state index in [1.807, 2.05) is 0 Å². The van der Waals surface area contributed by atoms with E-state index in [9.17, 15) is 13.6 Å². The lowest BCUT2D eigenvalue weighted by Gasteiger charge is -2.04. The van der Waals surface area contributed by atoms with Gasteiger partial charge in [0.25, 0.3) is 0 Å². The highest BCUT2D eigenvalue weighted by molar-refractivity contribution is 6.14. The van der Waals surface area contributed by atoms with Crippen molar-refractivity contribution < 1.29 is 13.6 Å². The molecular weight excluding hydrogens is 282 g/mol. The van der Waals surface area contributed by atoms with E-state index in [-0.39, 0.29) is 17.4 Å². The number of carbonyl (C=O) groups excluding carboxylic acids is 1. The second-order valence-electron chi connectivity index (χ2n) is 4.89. The number of hydrogen-bond acceptors (Lipinski definition) is 1. The molecule has 0 fully saturated rings. The summed E-state index contributed by atoms with van der Waals surface area (Å²) in [5.41, 5.74) is 1.16. The smallest absolute Gasteiger partial charge is 0.186 e. The predicted octanol–water partition coefficient (Wildman–Crippen LogP) is 5.01. The van der Waals surface area contributed by atoms with Crippen molar-refractivity contribution in [1.29, 1.82) is 0 Å². The zero-order valence-corrected chi connectivity index (χ0v) is 11.6. The van der Waals surface area contributed by atoms with E-state index in [4.69, 9.17) is 0 Å². The van der Waals surface area contributed by atoms with Gasteiger partial charge in [-0.2, -0.15) is 0 Å². The Bertz CT molecular complexity index is 864. The highest BCUT2D eigenvalue weighted by Crippen LogP contribution is 2.22. The molecule has 0 aromatic heterocycles. The fourth-order valence-electron chi connectivity index (χ4n) is 2.31. The largest absolute Gasteiger partial charge is 0.289 e. The van der Waals surface area contributed by atoms with Crippen molar-refractivity contribution in [2.24, 2.45) is 0 Å². The van der Waals surface area contributed by atoms with Crippen LogP contribution in [-0.2, 0) is 0 Å². The minimum Gasteiger partial charge on any atom is -0.289 e. The molecule has 0 aliphatic rings. The lowest BCUT2D eigenvalue weighted by atomic mass is 10.0. The van der Waals surface area contributed by atoms with Crippen molar-refractivity contribution in [2.75, 3.05) is 0 Å². The monoisotopic (exact) mass is 294 g/mol. The standard InChI is InChI=1S/C19H12F2O/c20-14-8-5-13(6-9-14)7-12-19(22)17-10-11-18(21)16-4-2-1-3-15(16)17/h1-12H/b12-7+. The Balaban J connectivity index is 1.96. The van der Waals surface area contributed by atoms with Gasteiger partial charge in [-0.05, 0) is 41.3 Å². The van der Waals surface area contributed by atoms with Gasteiger partial charge in [-0.1, -0.05) is 42.5 Å². The van der Waals surface area contributed by atoms with Crippen molar-refractivity contribution in [3.63, 3.8) is 0 Å². The van der Waals surface area contributed by atoms with Crippen molar-refractivity contribution in [3.8, 4) is 0 Å². The minimum atomic E-state index is -0.352. The van der Waals surface area contributed by atoms with Crippen molar-refractivity contribution >= 4 is 22.6 Å². The van der Waals surface area contributed by atoms with Gasteiger partial charge in [-0.3, -0.25) is 4.79 Å². The minimum absolute atomic E-state index is 0.222. The van der Waals surface area contributed by atoms with Crippen LogP contribution < -0.4 is 0 Å². The summed E-state index contributed by atoms with van der Waals surface area (Å²) in [4.78, 5) is 12.3. The number of benzene rings is 3. The molecule has 108 valence electrons. The molecule has 3 aromatic rings. The van der Waals surface area contributed by atoms with Crippen LogP contribution in [0.4, 0.5) is 8.78 Å². The van der Waals surface area contributed by atoms with Gasteiger partial charge in [0.15, 0.2) is 5.78 Å². The third-order valence-electron chi connectivity index (χ3n) is 3.43. The molecule has 0 aliphatic carbocycles. The zero-order valence-electron chi connectivity index (χ0n) is 11.6. The number of halogens is 2. The fraction of sp³-hybridized carbons (Fsp3) is 0. The number of rotatable bonds is 3. The van der Waals surface area contributed by atoms with Crippen LogP contribution in [0.2, 0.25) is 0 Å². The van der Waals surface area contributed by atoms with Crippen LogP contribution in [0.15, 0.2) is 66.7 Å². The van der Waals surface area contributed by atoms with E-state index in [2.05, 4.69) is 0 Å². The first-order valence-electron chi connectivity index (χ1n) is 6.80. The first kappa shape index (κ1) is 14.1. The highest BCUT2D eigenvalue weighted by Gasteiger charge is 2.09. The van der Waals surface area contributed by atoms with Crippen LogP contribution in [0.25, 0.3) is 16.8 Å². The second kappa shape index (κ2) is 5.90. The topological polar surface area (TPSA) is 17.1 Å². The lowest BCUT2D eigenvalue weighted by Crippen LogP contribution is -1.97. The molecule has 0 heterocycles. The average molecular weight is 294 g/mol. The normalized spacial score (nSPS) is 11.2. The summed E-state index contributed by atoms with van der Waals surface area (Å²) >= 11 is 0. The molecule has 0 amide bonds. The van der Waals surface area contributed by atoms with Crippen LogP contribution in [0.5, 0.6) is 0 Å². The molecule has 0 unspecified atom stereocenters. The Morgan fingerprint density at radius 1 is 0.818 bits per heavy atom. The van der Waals surface area contributed by atoms with Crippen LogP contribution in [-0.4, -0.2) is 5.78 Å². The maximum absolute atomic E-state index is 13.8. The van der Waals surface area contributed by atoms with E-state index < -0.39 is 0 Å². The van der Waals surface area contributed by atoms with Crippen molar-refractivity contribution in [3.05, 3.63) is 89.5 Å². The Hall–Kier alpha value is -2.81. The Labute approximate surface area is 126 Å². The van der Waals surface area contributed by atoms with Gasteiger partial charge in [-0.15, -0.1) is 0 Å². The molecule has 22 heavy (non-hydrogen) atoms. The van der Waals surface area contributed by atoms with Gasteiger partial charge >= 0.3 is 0 Å². The van der Waals surface area contributed by atoms with E-state index in [0.29, 0.717) is 16.3 Å². The van der Waals surface area contributed by atoms with E-state index in [0.717, 1.165) is 5.56 Å². The van der Waals surface area contributed by atoms with Crippen LogP contribution in [0, 0.1) is 11.6 Å². The Morgan fingerprint density at radius 2 is 1.50 bits per heavy atom. The number of carbonyl (C=O) groups is 1. The zero-order chi connectivity index (χ0) is 15.5. The average Bonchev–Trinajstić information content (AvgIpc) is 2.55. The first-order chi connectivity index (χ1) is 10.6.